The molecular weight excluding hydrogens is 293 g/mol. The van der Waals surface area contributed by atoms with E-state index in [0.29, 0.717) is 11.5 Å². The van der Waals surface area contributed by atoms with Crippen molar-refractivity contribution in [3.05, 3.63) is 35.1 Å². The Bertz CT molecular complexity index is 375. The van der Waals surface area contributed by atoms with E-state index in [4.69, 9.17) is 0 Å². The van der Waals surface area contributed by atoms with E-state index >= 15 is 0 Å². The lowest BCUT2D eigenvalue weighted by molar-refractivity contribution is 0.351. The molecule has 0 saturated heterocycles. The molecule has 0 aliphatic heterocycles. The average molecular weight is 307 g/mol. The van der Waals surface area contributed by atoms with Crippen molar-refractivity contribution in [2.45, 2.75) is 31.6 Å². The molecule has 0 spiro atoms. The molecule has 0 N–H and O–H groups in total. The first kappa shape index (κ1) is 12.9. The van der Waals surface area contributed by atoms with Crippen LogP contribution in [0.15, 0.2) is 12.1 Å². The lowest BCUT2D eigenvalue weighted by Gasteiger charge is -2.27. The van der Waals surface area contributed by atoms with Crippen LogP contribution in [0.4, 0.5) is 13.2 Å². The van der Waals surface area contributed by atoms with Gasteiger partial charge in [-0.15, -0.1) is 0 Å². The fourth-order valence-electron chi connectivity index (χ4n) is 2.46. The Morgan fingerprint density at radius 3 is 2.00 bits per heavy atom. The van der Waals surface area contributed by atoms with Crippen LogP contribution in [0, 0.1) is 23.4 Å². The van der Waals surface area contributed by atoms with Crippen molar-refractivity contribution in [2.24, 2.45) is 5.92 Å². The van der Waals surface area contributed by atoms with E-state index in [2.05, 4.69) is 15.9 Å². The van der Waals surface area contributed by atoms with Gasteiger partial charge in [-0.05, 0) is 55.2 Å². The third-order valence-corrected chi connectivity index (χ3v) is 4.46. The first-order chi connectivity index (χ1) is 8.11. The van der Waals surface area contributed by atoms with E-state index in [1.165, 1.54) is 0 Å². The fraction of sp³-hybridized carbons (Fsp3) is 0.538. The Morgan fingerprint density at radius 1 is 1.00 bits per heavy atom. The minimum absolute atomic E-state index is 0.162. The Hall–Kier alpha value is -0.510. The largest absolute Gasteiger partial charge is 0.204 e. The molecule has 94 valence electrons. The molecule has 0 bridgehead atoms. The molecule has 0 unspecified atom stereocenters. The standard InChI is InChI=1S/C13H14BrF3/c14-7-8-1-3-9(4-2-8)10-5-11(15)13(17)12(16)6-10/h5-6,8-9H,1-4,7H2. The van der Waals surface area contributed by atoms with Crippen molar-refractivity contribution in [1.29, 1.82) is 0 Å². The molecule has 1 aliphatic rings. The van der Waals surface area contributed by atoms with Crippen LogP contribution in [-0.2, 0) is 0 Å². The van der Waals surface area contributed by atoms with Crippen LogP contribution in [0.3, 0.4) is 0 Å². The van der Waals surface area contributed by atoms with Gasteiger partial charge < -0.3 is 0 Å². The molecule has 17 heavy (non-hydrogen) atoms. The first-order valence-electron chi connectivity index (χ1n) is 5.82. The van der Waals surface area contributed by atoms with Gasteiger partial charge in [-0.1, -0.05) is 15.9 Å². The van der Waals surface area contributed by atoms with Gasteiger partial charge in [-0.2, -0.15) is 0 Å². The smallest absolute Gasteiger partial charge is 0.194 e. The monoisotopic (exact) mass is 306 g/mol. The molecule has 1 aromatic carbocycles. The molecule has 1 saturated carbocycles. The Kier molecular flexibility index (Phi) is 4.13. The molecule has 0 radical (unpaired) electrons. The zero-order valence-electron chi connectivity index (χ0n) is 9.36. The van der Waals surface area contributed by atoms with Crippen LogP contribution in [-0.4, -0.2) is 5.33 Å². The van der Waals surface area contributed by atoms with Crippen molar-refractivity contribution in [2.75, 3.05) is 5.33 Å². The van der Waals surface area contributed by atoms with E-state index < -0.39 is 17.5 Å². The fourth-order valence-corrected chi connectivity index (χ4v) is 3.11. The van der Waals surface area contributed by atoms with Gasteiger partial charge in [-0.25, -0.2) is 13.2 Å². The summed E-state index contributed by atoms with van der Waals surface area (Å²) in [6.07, 6.45) is 3.94. The van der Waals surface area contributed by atoms with Gasteiger partial charge in [0.25, 0.3) is 0 Å². The summed E-state index contributed by atoms with van der Waals surface area (Å²) >= 11 is 3.45. The second-order valence-corrected chi connectivity index (χ2v) is 5.32. The summed E-state index contributed by atoms with van der Waals surface area (Å²) in [6, 6.07) is 2.27. The molecule has 0 amide bonds. The highest BCUT2D eigenvalue weighted by molar-refractivity contribution is 9.09. The summed E-state index contributed by atoms with van der Waals surface area (Å²) in [5.41, 5.74) is 0.592. The third-order valence-electron chi connectivity index (χ3n) is 3.54. The predicted molar refractivity (Wildman–Crippen MR) is 64.8 cm³/mol. The summed E-state index contributed by atoms with van der Waals surface area (Å²) < 4.78 is 39.1. The van der Waals surface area contributed by atoms with Crippen molar-refractivity contribution < 1.29 is 13.2 Å². The molecule has 1 fully saturated rings. The van der Waals surface area contributed by atoms with E-state index in [0.717, 1.165) is 43.1 Å². The number of hydrogen-bond acceptors (Lipinski definition) is 0. The highest BCUT2D eigenvalue weighted by atomic mass is 79.9. The SMILES string of the molecule is Fc1cc(C2CCC(CBr)CC2)cc(F)c1F. The highest BCUT2D eigenvalue weighted by Gasteiger charge is 2.23. The van der Waals surface area contributed by atoms with Gasteiger partial charge in [0.15, 0.2) is 17.5 Å². The van der Waals surface area contributed by atoms with Crippen LogP contribution in [0.25, 0.3) is 0 Å². The molecule has 0 aromatic heterocycles. The van der Waals surface area contributed by atoms with E-state index in [1.54, 1.807) is 0 Å². The topological polar surface area (TPSA) is 0 Å². The number of halogens is 4. The Balaban J connectivity index is 2.13. The maximum atomic E-state index is 13.1. The van der Waals surface area contributed by atoms with Gasteiger partial charge in [0.05, 0.1) is 0 Å². The molecule has 4 heteroatoms. The maximum absolute atomic E-state index is 13.1. The number of hydrogen-bond donors (Lipinski definition) is 0. The van der Waals surface area contributed by atoms with E-state index in [1.807, 2.05) is 0 Å². The van der Waals surface area contributed by atoms with Crippen LogP contribution in [0.1, 0.15) is 37.2 Å². The summed E-state index contributed by atoms with van der Waals surface area (Å²) in [7, 11) is 0. The molecule has 0 atom stereocenters. The van der Waals surface area contributed by atoms with Crippen LogP contribution >= 0.6 is 15.9 Å². The van der Waals surface area contributed by atoms with Crippen molar-refractivity contribution in [1.82, 2.24) is 0 Å². The minimum Gasteiger partial charge on any atom is -0.204 e. The lowest BCUT2D eigenvalue weighted by Crippen LogP contribution is -2.14. The van der Waals surface area contributed by atoms with Gasteiger partial charge in [0.1, 0.15) is 0 Å². The van der Waals surface area contributed by atoms with Gasteiger partial charge >= 0.3 is 0 Å². The number of alkyl halides is 1. The van der Waals surface area contributed by atoms with Crippen LogP contribution in [0.2, 0.25) is 0 Å². The summed E-state index contributed by atoms with van der Waals surface area (Å²) in [4.78, 5) is 0. The molecule has 1 aromatic rings. The maximum Gasteiger partial charge on any atom is 0.194 e. The molecule has 0 heterocycles. The first-order valence-corrected chi connectivity index (χ1v) is 6.94. The zero-order valence-corrected chi connectivity index (χ0v) is 10.9. The Labute approximate surface area is 107 Å². The van der Waals surface area contributed by atoms with Crippen molar-refractivity contribution in [3.63, 3.8) is 0 Å². The third kappa shape index (κ3) is 2.84. The summed E-state index contributed by atoms with van der Waals surface area (Å²) in [5.74, 6) is -2.72. The normalized spacial score (nSPS) is 24.9. The minimum atomic E-state index is -1.37. The van der Waals surface area contributed by atoms with Gasteiger partial charge in [-0.3, -0.25) is 0 Å². The Morgan fingerprint density at radius 2 is 1.53 bits per heavy atom. The lowest BCUT2D eigenvalue weighted by atomic mass is 9.79. The van der Waals surface area contributed by atoms with Crippen LogP contribution in [0.5, 0.6) is 0 Å². The van der Waals surface area contributed by atoms with Crippen LogP contribution < -0.4 is 0 Å². The number of benzene rings is 1. The van der Waals surface area contributed by atoms with E-state index in [-0.39, 0.29) is 5.92 Å². The number of rotatable bonds is 2. The molecule has 2 rings (SSSR count). The predicted octanol–water partition coefficient (Wildman–Crippen LogP) is 4.77. The summed E-state index contributed by atoms with van der Waals surface area (Å²) in [5, 5.41) is 0.978. The summed E-state index contributed by atoms with van der Waals surface area (Å²) in [6.45, 7) is 0. The zero-order chi connectivity index (χ0) is 12.4. The molecule has 0 nitrogen and oxygen atoms in total. The average Bonchev–Trinajstić information content (AvgIpc) is 2.35. The quantitative estimate of drug-likeness (QED) is 0.545. The van der Waals surface area contributed by atoms with Crippen molar-refractivity contribution in [3.8, 4) is 0 Å². The molecular formula is C13H14BrF3. The second kappa shape index (κ2) is 5.42. The van der Waals surface area contributed by atoms with E-state index in [9.17, 15) is 13.2 Å². The highest BCUT2D eigenvalue weighted by Crippen LogP contribution is 2.37. The van der Waals surface area contributed by atoms with Gasteiger partial charge in [0, 0.05) is 5.33 Å². The molecule has 1 aliphatic carbocycles. The van der Waals surface area contributed by atoms with Crippen molar-refractivity contribution >= 4 is 15.9 Å². The van der Waals surface area contributed by atoms with Gasteiger partial charge in [0.2, 0.25) is 0 Å². The second-order valence-electron chi connectivity index (χ2n) is 4.67.